The summed E-state index contributed by atoms with van der Waals surface area (Å²) in [4.78, 5) is 11.3. The van der Waals surface area contributed by atoms with E-state index in [0.29, 0.717) is 12.5 Å². The van der Waals surface area contributed by atoms with Crippen LogP contribution in [0.3, 0.4) is 0 Å². The maximum Gasteiger partial charge on any atom is 0.434 e. The molecule has 1 aromatic rings. The van der Waals surface area contributed by atoms with Gasteiger partial charge in [0.2, 0.25) is 0 Å². The fourth-order valence-corrected chi connectivity index (χ4v) is 0.965. The molecular formula is C10H16N2O2. The number of hydrogen-bond acceptors (Lipinski definition) is 3. The summed E-state index contributed by atoms with van der Waals surface area (Å²) < 4.78 is 6.23. The molecule has 78 valence electrons. The molecule has 0 atom stereocenters. The first-order valence-electron chi connectivity index (χ1n) is 4.79. The van der Waals surface area contributed by atoms with Crippen LogP contribution in [0.1, 0.15) is 26.0 Å². The van der Waals surface area contributed by atoms with Crippen molar-refractivity contribution in [2.75, 3.05) is 6.61 Å². The van der Waals surface area contributed by atoms with Crippen molar-refractivity contribution >= 4 is 6.09 Å². The summed E-state index contributed by atoms with van der Waals surface area (Å²) in [6, 6.07) is 1.77. The second-order valence-electron chi connectivity index (χ2n) is 3.70. The molecule has 0 N–H and O–H groups in total. The highest BCUT2D eigenvalue weighted by molar-refractivity contribution is 5.69. The third-order valence-electron chi connectivity index (χ3n) is 1.83. The van der Waals surface area contributed by atoms with Crippen molar-refractivity contribution < 1.29 is 9.53 Å². The van der Waals surface area contributed by atoms with Crippen molar-refractivity contribution in [1.29, 1.82) is 0 Å². The molecule has 0 fully saturated rings. The minimum atomic E-state index is -0.404. The van der Waals surface area contributed by atoms with E-state index in [2.05, 4.69) is 18.9 Å². The van der Waals surface area contributed by atoms with Gasteiger partial charge >= 0.3 is 6.09 Å². The maximum atomic E-state index is 11.3. The van der Waals surface area contributed by atoms with Gasteiger partial charge in [0.1, 0.15) is 0 Å². The van der Waals surface area contributed by atoms with E-state index in [9.17, 15) is 4.79 Å². The standard InChI is InChI=1S/C10H16N2O2/c1-8(2)5-7-14-10(13)12-6-4-9(3)11-12/h4,6,8H,5,7H2,1-3H3. The lowest BCUT2D eigenvalue weighted by Crippen LogP contribution is -2.15. The lowest BCUT2D eigenvalue weighted by Gasteiger charge is -2.05. The Hall–Kier alpha value is -1.32. The molecule has 0 saturated heterocycles. The van der Waals surface area contributed by atoms with Gasteiger partial charge < -0.3 is 4.74 Å². The zero-order valence-corrected chi connectivity index (χ0v) is 8.86. The van der Waals surface area contributed by atoms with Gasteiger partial charge in [-0.15, -0.1) is 0 Å². The molecule has 1 heterocycles. The number of hydrogen-bond donors (Lipinski definition) is 0. The van der Waals surface area contributed by atoms with Crippen molar-refractivity contribution in [2.24, 2.45) is 5.92 Å². The highest BCUT2D eigenvalue weighted by Gasteiger charge is 2.06. The molecule has 0 aromatic carbocycles. The number of rotatable bonds is 3. The average Bonchev–Trinajstić information content (AvgIpc) is 2.51. The highest BCUT2D eigenvalue weighted by atomic mass is 16.6. The van der Waals surface area contributed by atoms with E-state index in [-0.39, 0.29) is 0 Å². The van der Waals surface area contributed by atoms with Gasteiger partial charge in [-0.3, -0.25) is 0 Å². The van der Waals surface area contributed by atoms with Crippen LogP contribution in [0.15, 0.2) is 12.3 Å². The molecule has 0 aliphatic heterocycles. The zero-order valence-electron chi connectivity index (χ0n) is 8.86. The van der Waals surface area contributed by atoms with Gasteiger partial charge in [-0.05, 0) is 25.3 Å². The summed E-state index contributed by atoms with van der Waals surface area (Å²) in [7, 11) is 0. The van der Waals surface area contributed by atoms with Crippen LogP contribution in [0.4, 0.5) is 4.79 Å². The summed E-state index contributed by atoms with van der Waals surface area (Å²) in [5.41, 5.74) is 0.811. The summed E-state index contributed by atoms with van der Waals surface area (Å²) in [6.07, 6.45) is 2.08. The van der Waals surface area contributed by atoms with Gasteiger partial charge in [-0.1, -0.05) is 13.8 Å². The van der Waals surface area contributed by atoms with Crippen molar-refractivity contribution in [3.63, 3.8) is 0 Å². The predicted molar refractivity (Wildman–Crippen MR) is 53.2 cm³/mol. The Labute approximate surface area is 83.9 Å². The largest absolute Gasteiger partial charge is 0.448 e. The molecule has 0 radical (unpaired) electrons. The normalized spacial score (nSPS) is 10.6. The highest BCUT2D eigenvalue weighted by Crippen LogP contribution is 2.00. The van der Waals surface area contributed by atoms with Gasteiger partial charge in [0, 0.05) is 6.20 Å². The lowest BCUT2D eigenvalue weighted by atomic mass is 10.1. The second kappa shape index (κ2) is 4.79. The van der Waals surface area contributed by atoms with Crippen molar-refractivity contribution in [1.82, 2.24) is 9.78 Å². The van der Waals surface area contributed by atoms with E-state index in [0.717, 1.165) is 12.1 Å². The molecular weight excluding hydrogens is 180 g/mol. The molecule has 0 unspecified atom stereocenters. The van der Waals surface area contributed by atoms with Gasteiger partial charge in [-0.2, -0.15) is 9.78 Å². The molecule has 4 nitrogen and oxygen atoms in total. The predicted octanol–water partition coefficient (Wildman–Crippen LogP) is 2.22. The first-order chi connectivity index (χ1) is 6.59. The number of aromatic nitrogens is 2. The van der Waals surface area contributed by atoms with Crippen molar-refractivity contribution in [2.45, 2.75) is 27.2 Å². The lowest BCUT2D eigenvalue weighted by molar-refractivity contribution is 0.138. The quantitative estimate of drug-likeness (QED) is 0.744. The molecule has 0 aliphatic carbocycles. The third kappa shape index (κ3) is 3.20. The number of aryl methyl sites for hydroxylation is 1. The Bertz CT molecular complexity index is 305. The Balaban J connectivity index is 2.36. The Morgan fingerprint density at radius 3 is 2.86 bits per heavy atom. The van der Waals surface area contributed by atoms with E-state index in [1.807, 2.05) is 6.92 Å². The topological polar surface area (TPSA) is 44.1 Å². The monoisotopic (exact) mass is 196 g/mol. The van der Waals surface area contributed by atoms with E-state index < -0.39 is 6.09 Å². The van der Waals surface area contributed by atoms with Crippen LogP contribution in [0.2, 0.25) is 0 Å². The molecule has 0 bridgehead atoms. The van der Waals surface area contributed by atoms with E-state index in [1.54, 1.807) is 12.3 Å². The van der Waals surface area contributed by atoms with Gasteiger partial charge in [-0.25, -0.2) is 4.79 Å². The molecule has 14 heavy (non-hydrogen) atoms. The number of carbonyl (C=O) groups excluding carboxylic acids is 1. The smallest absolute Gasteiger partial charge is 0.434 e. The van der Waals surface area contributed by atoms with Crippen LogP contribution in [0, 0.1) is 12.8 Å². The Morgan fingerprint density at radius 2 is 2.36 bits per heavy atom. The van der Waals surface area contributed by atoms with Crippen molar-refractivity contribution in [3.8, 4) is 0 Å². The summed E-state index contributed by atoms with van der Waals surface area (Å²) >= 11 is 0. The number of carbonyl (C=O) groups is 1. The zero-order chi connectivity index (χ0) is 10.6. The Kier molecular flexibility index (Phi) is 3.68. The molecule has 0 aliphatic rings. The minimum Gasteiger partial charge on any atom is -0.448 e. The van der Waals surface area contributed by atoms with Gasteiger partial charge in [0.25, 0.3) is 0 Å². The summed E-state index contributed by atoms with van der Waals surface area (Å²) in [6.45, 7) is 6.46. The molecule has 1 rings (SSSR count). The van der Waals surface area contributed by atoms with Crippen LogP contribution < -0.4 is 0 Å². The molecule has 0 spiro atoms. The Morgan fingerprint density at radius 1 is 1.64 bits per heavy atom. The molecule has 4 heteroatoms. The SMILES string of the molecule is Cc1ccn(C(=O)OCCC(C)C)n1. The van der Waals surface area contributed by atoms with Crippen LogP contribution in [0.5, 0.6) is 0 Å². The first-order valence-corrected chi connectivity index (χ1v) is 4.79. The second-order valence-corrected chi connectivity index (χ2v) is 3.70. The first kappa shape index (κ1) is 10.8. The van der Waals surface area contributed by atoms with E-state index >= 15 is 0 Å². The summed E-state index contributed by atoms with van der Waals surface area (Å²) in [5.74, 6) is 0.544. The fourth-order valence-electron chi connectivity index (χ4n) is 0.965. The minimum absolute atomic E-state index is 0.404. The maximum absolute atomic E-state index is 11.3. The van der Waals surface area contributed by atoms with Crippen LogP contribution >= 0.6 is 0 Å². The molecule has 1 aromatic heterocycles. The van der Waals surface area contributed by atoms with Gasteiger partial charge in [0.05, 0.1) is 12.3 Å². The number of ether oxygens (including phenoxy) is 1. The average molecular weight is 196 g/mol. The van der Waals surface area contributed by atoms with E-state index in [1.165, 1.54) is 4.68 Å². The molecule has 0 saturated carbocycles. The number of nitrogens with zero attached hydrogens (tertiary/aromatic N) is 2. The van der Waals surface area contributed by atoms with Crippen LogP contribution in [-0.2, 0) is 4.74 Å². The van der Waals surface area contributed by atoms with Crippen LogP contribution in [0.25, 0.3) is 0 Å². The summed E-state index contributed by atoms with van der Waals surface area (Å²) in [5, 5.41) is 3.95. The fraction of sp³-hybridized carbons (Fsp3) is 0.600. The van der Waals surface area contributed by atoms with Crippen LogP contribution in [-0.4, -0.2) is 22.5 Å². The van der Waals surface area contributed by atoms with Gasteiger partial charge in [0.15, 0.2) is 0 Å². The molecule has 0 amide bonds. The van der Waals surface area contributed by atoms with Crippen molar-refractivity contribution in [3.05, 3.63) is 18.0 Å². The third-order valence-corrected chi connectivity index (χ3v) is 1.83. The van der Waals surface area contributed by atoms with E-state index in [4.69, 9.17) is 4.74 Å².